The lowest BCUT2D eigenvalue weighted by Gasteiger charge is -2.36. The van der Waals surface area contributed by atoms with Crippen LogP contribution in [0.25, 0.3) is 21.7 Å². The van der Waals surface area contributed by atoms with E-state index in [0.29, 0.717) is 36.3 Å². The van der Waals surface area contributed by atoms with Gasteiger partial charge in [-0.3, -0.25) is 34.3 Å². The molecule has 0 radical (unpaired) electrons. The maximum atomic E-state index is 13.7. The number of imide groups is 1. The van der Waals surface area contributed by atoms with Gasteiger partial charge in [0.1, 0.15) is 11.1 Å². The number of nitrogens with one attached hydrogen (secondary N) is 2. The standard InChI is InChI=1S/C43H38F3N7O5S/c1-42(2)40(57)52(30-6-3-26(23-47)34(22-30)43(44,45)46)41(59)53(42)29-9-7-28(8-10-29)51-19-17-50(18-20-51)16-15-37(55)48-27-5-11-31-25(21-27)4-13-35-38(31)33(24-58-35)32-12-14-36(54)49-39(32)56/h3-11,13,21-22,24,32H,12,14-20H2,1-2H3,(H,48,55)(H,49,54,56)/t32-/m1/s1. The third-order valence-electron chi connectivity index (χ3n) is 11.3. The van der Waals surface area contributed by atoms with Gasteiger partial charge in [0.05, 0.1) is 35.1 Å². The number of hydrogen-bond donors (Lipinski definition) is 2. The van der Waals surface area contributed by atoms with Crippen molar-refractivity contribution in [2.24, 2.45) is 0 Å². The van der Waals surface area contributed by atoms with E-state index in [1.165, 1.54) is 6.07 Å². The summed E-state index contributed by atoms with van der Waals surface area (Å²) in [6, 6.07) is 21.6. The van der Waals surface area contributed by atoms with Crippen LogP contribution in [0.2, 0.25) is 0 Å². The van der Waals surface area contributed by atoms with Crippen molar-refractivity contribution in [2.45, 2.75) is 50.7 Å². The number of nitriles is 1. The number of thiocarbonyl (C=S) groups is 1. The minimum atomic E-state index is -4.79. The van der Waals surface area contributed by atoms with Crippen LogP contribution in [0.3, 0.4) is 0 Å². The normalized spacial score (nSPS) is 18.8. The van der Waals surface area contributed by atoms with E-state index in [4.69, 9.17) is 16.6 Å². The molecule has 0 aliphatic carbocycles. The molecule has 0 unspecified atom stereocenters. The molecule has 0 bridgehead atoms. The summed E-state index contributed by atoms with van der Waals surface area (Å²) in [7, 11) is 0. The summed E-state index contributed by atoms with van der Waals surface area (Å²) in [5.41, 5.74) is 0.640. The molecule has 4 heterocycles. The fourth-order valence-electron chi connectivity index (χ4n) is 8.20. The summed E-state index contributed by atoms with van der Waals surface area (Å²) in [5, 5.41) is 17.3. The maximum Gasteiger partial charge on any atom is 0.417 e. The van der Waals surface area contributed by atoms with Gasteiger partial charge in [-0.25, -0.2) is 0 Å². The van der Waals surface area contributed by atoms with Crippen molar-refractivity contribution in [3.63, 3.8) is 0 Å². The lowest BCUT2D eigenvalue weighted by molar-refractivity contribution is -0.138. The molecular weight excluding hydrogens is 784 g/mol. The van der Waals surface area contributed by atoms with Crippen LogP contribution >= 0.6 is 12.2 Å². The van der Waals surface area contributed by atoms with Gasteiger partial charge in [-0.2, -0.15) is 18.4 Å². The SMILES string of the molecule is CC1(C)C(=O)N(c2ccc(C#N)c(C(F)(F)F)c2)C(=S)N1c1ccc(N2CCN(CCC(=O)Nc3ccc4c(ccc5occ([C@H]6CCC(=O)NC6=O)c54)c3)CC2)cc1. The molecule has 5 aromatic rings. The van der Waals surface area contributed by atoms with E-state index in [1.807, 2.05) is 54.6 Å². The van der Waals surface area contributed by atoms with Gasteiger partial charge in [-0.15, -0.1) is 0 Å². The highest BCUT2D eigenvalue weighted by molar-refractivity contribution is 7.81. The number of halogens is 3. The van der Waals surface area contributed by atoms with Crippen molar-refractivity contribution < 1.29 is 36.8 Å². The quantitative estimate of drug-likeness (QED) is 0.123. The van der Waals surface area contributed by atoms with E-state index in [0.717, 1.165) is 70.6 Å². The van der Waals surface area contributed by atoms with Crippen LogP contribution in [0.4, 0.5) is 35.9 Å². The average Bonchev–Trinajstić information content (AvgIpc) is 3.71. The number of amides is 4. The van der Waals surface area contributed by atoms with Crippen LogP contribution in [0.15, 0.2) is 83.5 Å². The zero-order valence-electron chi connectivity index (χ0n) is 32.1. The van der Waals surface area contributed by atoms with Crippen LogP contribution in [-0.4, -0.2) is 71.9 Å². The predicted molar refractivity (Wildman–Crippen MR) is 220 cm³/mol. The van der Waals surface area contributed by atoms with Crippen LogP contribution in [0.5, 0.6) is 0 Å². The number of fused-ring (bicyclic) bond motifs is 3. The highest BCUT2D eigenvalue weighted by atomic mass is 32.1. The van der Waals surface area contributed by atoms with E-state index in [1.54, 1.807) is 31.1 Å². The number of anilines is 4. The molecule has 59 heavy (non-hydrogen) atoms. The van der Waals surface area contributed by atoms with Gasteiger partial charge >= 0.3 is 6.18 Å². The summed E-state index contributed by atoms with van der Waals surface area (Å²) in [4.78, 5) is 58.1. The van der Waals surface area contributed by atoms with Gasteiger partial charge in [0, 0.05) is 73.6 Å². The maximum absolute atomic E-state index is 13.7. The van der Waals surface area contributed by atoms with Crippen molar-refractivity contribution in [3.8, 4) is 6.07 Å². The second-order valence-electron chi connectivity index (χ2n) is 15.4. The van der Waals surface area contributed by atoms with Gasteiger partial charge in [0.15, 0.2) is 5.11 Å². The van der Waals surface area contributed by atoms with Gasteiger partial charge < -0.3 is 19.5 Å². The molecular formula is C43H38F3N7O5S. The van der Waals surface area contributed by atoms with Gasteiger partial charge in [-0.1, -0.05) is 12.1 Å². The van der Waals surface area contributed by atoms with Crippen LogP contribution in [-0.2, 0) is 25.4 Å². The molecule has 0 saturated carbocycles. The first-order chi connectivity index (χ1) is 28.1. The van der Waals surface area contributed by atoms with Gasteiger partial charge in [-0.05, 0) is 104 Å². The number of carbonyl (C=O) groups excluding carboxylic acids is 4. The summed E-state index contributed by atoms with van der Waals surface area (Å²) in [6.07, 6.45) is -2.23. The van der Waals surface area contributed by atoms with Crippen LogP contribution < -0.4 is 25.3 Å². The molecule has 3 saturated heterocycles. The van der Waals surface area contributed by atoms with Crippen molar-refractivity contribution in [1.29, 1.82) is 5.26 Å². The number of carbonyl (C=O) groups is 4. The lowest BCUT2D eigenvalue weighted by atomic mass is 9.89. The highest BCUT2D eigenvalue weighted by Crippen LogP contribution is 2.41. The molecule has 4 aromatic carbocycles. The second-order valence-corrected chi connectivity index (χ2v) is 15.7. The smallest absolute Gasteiger partial charge is 0.417 e. The monoisotopic (exact) mass is 821 g/mol. The minimum absolute atomic E-state index is 0.0279. The first-order valence-electron chi connectivity index (χ1n) is 19.1. The molecule has 3 aliphatic heterocycles. The number of piperidine rings is 1. The Hall–Kier alpha value is -6.31. The Balaban J connectivity index is 0.862. The van der Waals surface area contributed by atoms with Gasteiger partial charge in [0.25, 0.3) is 5.91 Å². The van der Waals surface area contributed by atoms with E-state index in [-0.39, 0.29) is 34.9 Å². The third kappa shape index (κ3) is 7.36. The Bertz CT molecular complexity index is 2590. The average molecular weight is 822 g/mol. The van der Waals surface area contributed by atoms with Crippen molar-refractivity contribution in [2.75, 3.05) is 52.7 Å². The minimum Gasteiger partial charge on any atom is -0.464 e. The molecule has 302 valence electrons. The number of furan rings is 1. The summed E-state index contributed by atoms with van der Waals surface area (Å²) in [5.74, 6) is -1.70. The molecule has 8 rings (SSSR count). The van der Waals surface area contributed by atoms with E-state index in [2.05, 4.69) is 20.4 Å². The fourth-order valence-corrected chi connectivity index (χ4v) is 8.72. The molecule has 1 aromatic heterocycles. The zero-order chi connectivity index (χ0) is 41.8. The molecule has 0 spiro atoms. The van der Waals surface area contributed by atoms with Crippen LogP contribution in [0.1, 0.15) is 55.7 Å². The molecule has 3 aliphatic rings. The Morgan fingerprint density at radius 3 is 2.37 bits per heavy atom. The number of hydrogen-bond acceptors (Lipinski definition) is 9. The van der Waals surface area contributed by atoms with E-state index >= 15 is 0 Å². The molecule has 16 heteroatoms. The van der Waals surface area contributed by atoms with E-state index in [9.17, 15) is 37.6 Å². The summed E-state index contributed by atoms with van der Waals surface area (Å²) in [6.45, 7) is 6.80. The number of piperazine rings is 1. The Labute approximate surface area is 342 Å². The number of benzene rings is 4. The molecule has 12 nitrogen and oxygen atoms in total. The van der Waals surface area contributed by atoms with E-state index < -0.39 is 34.7 Å². The topological polar surface area (TPSA) is 142 Å². The van der Waals surface area contributed by atoms with Crippen LogP contribution in [0, 0.1) is 11.3 Å². The largest absolute Gasteiger partial charge is 0.464 e. The molecule has 3 fully saturated rings. The molecule has 2 N–H and O–H groups in total. The predicted octanol–water partition coefficient (Wildman–Crippen LogP) is 7.06. The third-order valence-corrected chi connectivity index (χ3v) is 11.7. The van der Waals surface area contributed by atoms with Gasteiger partial charge in [0.2, 0.25) is 17.7 Å². The van der Waals surface area contributed by atoms with Crippen molar-refractivity contribution in [3.05, 3.63) is 95.7 Å². The van der Waals surface area contributed by atoms with Crippen molar-refractivity contribution >= 4 is 85.5 Å². The second kappa shape index (κ2) is 15.1. The lowest BCUT2D eigenvalue weighted by Crippen LogP contribution is -2.47. The number of nitrogens with zero attached hydrogens (tertiary/aromatic N) is 5. The fraction of sp³-hybridized carbons (Fsp3) is 0.302. The zero-order valence-corrected chi connectivity index (χ0v) is 32.9. The number of rotatable bonds is 8. The Morgan fingerprint density at radius 2 is 1.68 bits per heavy atom. The highest BCUT2D eigenvalue weighted by Gasteiger charge is 2.50. The first-order valence-corrected chi connectivity index (χ1v) is 19.5. The summed E-state index contributed by atoms with van der Waals surface area (Å²) < 4.78 is 47.0. The first kappa shape index (κ1) is 39.5. The molecule has 4 amide bonds. The number of alkyl halides is 3. The Kier molecular flexibility index (Phi) is 10.1. The Morgan fingerprint density at radius 1 is 0.966 bits per heavy atom. The van der Waals surface area contributed by atoms with Crippen molar-refractivity contribution in [1.82, 2.24) is 10.2 Å². The summed E-state index contributed by atoms with van der Waals surface area (Å²) >= 11 is 5.68. The molecule has 1 atom stereocenters.